The molecule has 10 nitrogen and oxygen atoms in total. The Kier molecular flexibility index (Phi) is 4.39. The van der Waals surface area contributed by atoms with Gasteiger partial charge in [-0.25, -0.2) is 4.68 Å². The highest BCUT2D eigenvalue weighted by molar-refractivity contribution is 5.91. The van der Waals surface area contributed by atoms with Crippen LogP contribution < -0.4 is 10.6 Å². The molecule has 0 fully saturated rings. The van der Waals surface area contributed by atoms with Gasteiger partial charge in [0.15, 0.2) is 5.69 Å². The molecule has 0 radical (unpaired) electrons. The molecule has 0 unspecified atom stereocenters. The van der Waals surface area contributed by atoms with Crippen LogP contribution in [-0.4, -0.2) is 49.2 Å². The van der Waals surface area contributed by atoms with Crippen LogP contribution >= 0.6 is 0 Å². The van der Waals surface area contributed by atoms with E-state index in [4.69, 9.17) is 5.11 Å². The molecule has 1 amide bonds. The number of carbonyl (C=O) groups is 2. The maximum atomic E-state index is 11.3. The standard InChI is InChI=1S/C11H13N7O3/c1-12-11(21)8-2-3-9(16-15-8)13-4-7-5-18(17-14-7)6-10(19)20/h2-3,5H,4,6H2,1H3,(H,12,21)(H,13,16)(H,19,20). The smallest absolute Gasteiger partial charge is 0.325 e. The molecule has 0 aliphatic heterocycles. The van der Waals surface area contributed by atoms with Crippen LogP contribution in [0, 0.1) is 0 Å². The first-order valence-electron chi connectivity index (χ1n) is 5.99. The lowest BCUT2D eigenvalue weighted by Gasteiger charge is -2.03. The van der Waals surface area contributed by atoms with Crippen molar-refractivity contribution in [2.24, 2.45) is 0 Å². The van der Waals surface area contributed by atoms with Crippen molar-refractivity contribution in [2.45, 2.75) is 13.1 Å². The van der Waals surface area contributed by atoms with E-state index in [1.54, 1.807) is 6.07 Å². The second-order valence-electron chi connectivity index (χ2n) is 4.04. The number of nitrogens with zero attached hydrogens (tertiary/aromatic N) is 5. The molecule has 3 N–H and O–H groups in total. The third-order valence-electron chi connectivity index (χ3n) is 2.46. The number of rotatable bonds is 6. The first-order valence-corrected chi connectivity index (χ1v) is 5.99. The molecule has 0 saturated heterocycles. The minimum absolute atomic E-state index is 0.218. The van der Waals surface area contributed by atoms with Crippen molar-refractivity contribution in [1.29, 1.82) is 0 Å². The number of hydrogen-bond donors (Lipinski definition) is 3. The zero-order valence-electron chi connectivity index (χ0n) is 11.1. The third kappa shape index (κ3) is 3.96. The molecule has 2 aromatic heterocycles. The number of anilines is 1. The largest absolute Gasteiger partial charge is 0.480 e. The highest BCUT2D eigenvalue weighted by Crippen LogP contribution is 2.04. The minimum atomic E-state index is -0.991. The van der Waals surface area contributed by atoms with Crippen LogP contribution in [0.1, 0.15) is 16.2 Å². The first-order chi connectivity index (χ1) is 10.1. The fourth-order valence-electron chi connectivity index (χ4n) is 1.49. The van der Waals surface area contributed by atoms with E-state index < -0.39 is 5.97 Å². The summed E-state index contributed by atoms with van der Waals surface area (Å²) >= 11 is 0. The lowest BCUT2D eigenvalue weighted by molar-refractivity contribution is -0.137. The van der Waals surface area contributed by atoms with Gasteiger partial charge in [-0.3, -0.25) is 9.59 Å². The highest BCUT2D eigenvalue weighted by atomic mass is 16.4. The predicted molar refractivity (Wildman–Crippen MR) is 70.4 cm³/mol. The SMILES string of the molecule is CNC(=O)c1ccc(NCc2cn(CC(=O)O)nn2)nn1. The monoisotopic (exact) mass is 291 g/mol. The van der Waals surface area contributed by atoms with Gasteiger partial charge in [0, 0.05) is 7.05 Å². The van der Waals surface area contributed by atoms with Crippen LogP contribution in [0.2, 0.25) is 0 Å². The Balaban J connectivity index is 1.92. The second kappa shape index (κ2) is 6.41. The Morgan fingerprint density at radius 3 is 2.71 bits per heavy atom. The van der Waals surface area contributed by atoms with Crippen molar-refractivity contribution in [3.8, 4) is 0 Å². The van der Waals surface area contributed by atoms with Crippen LogP contribution in [-0.2, 0) is 17.9 Å². The van der Waals surface area contributed by atoms with E-state index in [1.807, 2.05) is 0 Å². The average molecular weight is 291 g/mol. The van der Waals surface area contributed by atoms with Crippen LogP contribution in [0.4, 0.5) is 5.82 Å². The Hall–Kier alpha value is -3.04. The Bertz CT molecular complexity index is 638. The van der Waals surface area contributed by atoms with Crippen LogP contribution in [0.3, 0.4) is 0 Å². The number of carboxylic acid groups (broad SMARTS) is 1. The number of carbonyl (C=O) groups excluding carboxylic acids is 1. The number of nitrogens with one attached hydrogen (secondary N) is 2. The van der Waals surface area contributed by atoms with E-state index in [-0.39, 0.29) is 18.1 Å². The van der Waals surface area contributed by atoms with Crippen molar-refractivity contribution in [3.05, 3.63) is 29.7 Å². The summed E-state index contributed by atoms with van der Waals surface area (Å²) in [4.78, 5) is 21.8. The molecule has 10 heteroatoms. The molecule has 0 spiro atoms. The molecule has 2 heterocycles. The summed E-state index contributed by atoms with van der Waals surface area (Å²) in [6.07, 6.45) is 1.52. The molecular formula is C11H13N7O3. The van der Waals surface area contributed by atoms with Crippen LogP contribution in [0.15, 0.2) is 18.3 Å². The number of aromatic nitrogens is 5. The molecule has 21 heavy (non-hydrogen) atoms. The van der Waals surface area contributed by atoms with Crippen molar-refractivity contribution < 1.29 is 14.7 Å². The van der Waals surface area contributed by atoms with Gasteiger partial charge in [-0.2, -0.15) is 0 Å². The Morgan fingerprint density at radius 1 is 1.29 bits per heavy atom. The summed E-state index contributed by atoms with van der Waals surface area (Å²) in [5, 5.41) is 29.1. The number of aliphatic carboxylic acids is 1. The number of hydrogen-bond acceptors (Lipinski definition) is 7. The van der Waals surface area contributed by atoms with Crippen LogP contribution in [0.25, 0.3) is 0 Å². The molecule has 110 valence electrons. The molecule has 0 aliphatic rings. The van der Waals surface area contributed by atoms with E-state index in [0.717, 1.165) is 0 Å². The second-order valence-corrected chi connectivity index (χ2v) is 4.04. The van der Waals surface area contributed by atoms with Gasteiger partial charge in [0.05, 0.1) is 12.7 Å². The summed E-state index contributed by atoms with van der Waals surface area (Å²) in [5.41, 5.74) is 0.781. The minimum Gasteiger partial charge on any atom is -0.480 e. The maximum absolute atomic E-state index is 11.3. The summed E-state index contributed by atoms with van der Waals surface area (Å²) in [7, 11) is 1.51. The molecule has 2 rings (SSSR count). The lowest BCUT2D eigenvalue weighted by Crippen LogP contribution is -2.19. The van der Waals surface area contributed by atoms with Crippen molar-refractivity contribution in [3.63, 3.8) is 0 Å². The van der Waals surface area contributed by atoms with Crippen molar-refractivity contribution in [2.75, 3.05) is 12.4 Å². The molecule has 0 aromatic carbocycles. The third-order valence-corrected chi connectivity index (χ3v) is 2.46. The molecule has 0 atom stereocenters. The fraction of sp³-hybridized carbons (Fsp3) is 0.273. The van der Waals surface area contributed by atoms with E-state index in [0.29, 0.717) is 18.1 Å². The number of carboxylic acids is 1. The van der Waals surface area contributed by atoms with Gasteiger partial charge < -0.3 is 15.7 Å². The quantitative estimate of drug-likeness (QED) is 0.624. The number of amides is 1. The molecule has 0 aliphatic carbocycles. The van der Waals surface area contributed by atoms with Crippen molar-refractivity contribution >= 4 is 17.7 Å². The summed E-state index contributed by atoms with van der Waals surface area (Å²) < 4.78 is 1.22. The van der Waals surface area contributed by atoms with Crippen LogP contribution in [0.5, 0.6) is 0 Å². The van der Waals surface area contributed by atoms with Gasteiger partial charge in [-0.15, -0.1) is 15.3 Å². The topological polar surface area (TPSA) is 135 Å². The van der Waals surface area contributed by atoms with E-state index in [1.165, 1.54) is 24.0 Å². The van der Waals surface area contributed by atoms with Gasteiger partial charge >= 0.3 is 5.97 Å². The van der Waals surface area contributed by atoms with Crippen molar-refractivity contribution in [1.82, 2.24) is 30.5 Å². The molecule has 2 aromatic rings. The molecule has 0 saturated carbocycles. The van der Waals surface area contributed by atoms with E-state index in [2.05, 4.69) is 31.1 Å². The van der Waals surface area contributed by atoms with Gasteiger partial charge in [0.25, 0.3) is 5.91 Å². The highest BCUT2D eigenvalue weighted by Gasteiger charge is 2.07. The summed E-state index contributed by atoms with van der Waals surface area (Å²) in [5.74, 6) is -0.837. The van der Waals surface area contributed by atoms with E-state index in [9.17, 15) is 9.59 Å². The Morgan fingerprint density at radius 2 is 2.10 bits per heavy atom. The average Bonchev–Trinajstić information content (AvgIpc) is 2.91. The zero-order chi connectivity index (χ0) is 15.2. The molecular weight excluding hydrogens is 278 g/mol. The van der Waals surface area contributed by atoms with E-state index >= 15 is 0 Å². The lowest BCUT2D eigenvalue weighted by atomic mass is 10.3. The van der Waals surface area contributed by atoms with Gasteiger partial charge in [0.1, 0.15) is 18.1 Å². The summed E-state index contributed by atoms with van der Waals surface area (Å²) in [6, 6.07) is 3.15. The maximum Gasteiger partial charge on any atom is 0.325 e. The van der Waals surface area contributed by atoms with Gasteiger partial charge in [-0.05, 0) is 12.1 Å². The predicted octanol–water partition coefficient (Wildman–Crippen LogP) is -0.876. The normalized spacial score (nSPS) is 10.1. The molecule has 0 bridgehead atoms. The summed E-state index contributed by atoms with van der Waals surface area (Å²) in [6.45, 7) is 0.0707. The Labute approximate surface area is 119 Å². The van der Waals surface area contributed by atoms with Gasteiger partial charge in [0.2, 0.25) is 0 Å². The zero-order valence-corrected chi connectivity index (χ0v) is 11.1. The first kappa shape index (κ1) is 14.4. The van der Waals surface area contributed by atoms with Gasteiger partial charge in [-0.1, -0.05) is 5.21 Å². The fourth-order valence-corrected chi connectivity index (χ4v) is 1.49.